The molecule has 1 rings (SSSR count). The Kier molecular flexibility index (Phi) is 2.08. The van der Waals surface area contributed by atoms with Crippen LogP contribution in [0.2, 0.25) is 0 Å². The highest BCUT2D eigenvalue weighted by molar-refractivity contribution is 6.55. The van der Waals surface area contributed by atoms with Crippen molar-refractivity contribution in [3.8, 4) is 0 Å². The van der Waals surface area contributed by atoms with E-state index in [-0.39, 0.29) is 19.8 Å². The molecule has 1 saturated heterocycles. The fourth-order valence-electron chi connectivity index (χ4n) is 0.328. The summed E-state index contributed by atoms with van der Waals surface area (Å²) >= 11 is 0. The molecule has 1 N–H and O–H groups in total. The second-order valence-corrected chi connectivity index (χ2v) is 7.14. The van der Waals surface area contributed by atoms with Crippen molar-refractivity contribution in [3.05, 3.63) is 0 Å². The van der Waals surface area contributed by atoms with E-state index in [2.05, 4.69) is 4.65 Å². The molecule has 6 heavy (non-hydrogen) atoms. The van der Waals surface area contributed by atoms with Gasteiger partial charge in [0.2, 0.25) is 19.8 Å². The Balaban J connectivity index is 2.00. The van der Waals surface area contributed by atoms with Crippen LogP contribution in [0.3, 0.4) is 0 Å². The molecule has 3 nitrogen and oxygen atoms in total. The van der Waals surface area contributed by atoms with Crippen LogP contribution < -0.4 is 4.65 Å². The van der Waals surface area contributed by atoms with Gasteiger partial charge in [0.15, 0.2) is 0 Å². The molecule has 1 aliphatic rings. The molecule has 0 aromatic heterocycles. The molecule has 6 heteroatoms. The van der Waals surface area contributed by atoms with E-state index in [4.69, 9.17) is 8.23 Å². The summed E-state index contributed by atoms with van der Waals surface area (Å²) in [5.74, 6) is 0. The van der Waals surface area contributed by atoms with Gasteiger partial charge in [-0.1, -0.05) is 0 Å². The number of rotatable bonds is 0. The topological polar surface area (TPSA) is 30.5 Å². The predicted molar refractivity (Wildman–Crippen MR) is 30.9 cm³/mol. The minimum Gasteiger partial charge on any atom is -0.434 e. The quantitative estimate of drug-likeness (QED) is 0.353. The first-order valence-corrected chi connectivity index (χ1v) is 5.59. The van der Waals surface area contributed by atoms with Crippen molar-refractivity contribution in [3.63, 3.8) is 0 Å². The predicted octanol–water partition coefficient (Wildman–Crippen LogP) is -3.38. The summed E-state index contributed by atoms with van der Waals surface area (Å²) in [4.78, 5) is 0. The van der Waals surface area contributed by atoms with Gasteiger partial charge >= 0.3 is 0 Å². The number of hydrogen-bond donors (Lipinski definition) is 1. The Labute approximate surface area is 43.5 Å². The molecular weight excluding hydrogens is 130 g/mol. The first kappa shape index (κ1) is 4.68. The highest BCUT2D eigenvalue weighted by atomic mass is 28.4. The third-order valence-electron chi connectivity index (χ3n) is 0.575. The largest absolute Gasteiger partial charge is 0.434 e. The van der Waals surface area contributed by atoms with Crippen LogP contribution in [0, 0.1) is 0 Å². The lowest BCUT2D eigenvalue weighted by Crippen LogP contribution is -2.36. The second kappa shape index (κ2) is 2.66. The smallest absolute Gasteiger partial charge is 0.284 e. The van der Waals surface area contributed by atoms with Gasteiger partial charge in [-0.3, -0.25) is 0 Å². The Hall–Kier alpha value is 0.531. The standard InChI is InChI=1S/H7NO2Si3/c1-4-2-6-3-5-1/h1H,4-6H2. The molecule has 1 heterocycles. The number of hydrogen-bond acceptors (Lipinski definition) is 3. The SMILES string of the molecule is N1[SiH2]O[SiH2]O[SiH2]1. The molecule has 0 atom stereocenters. The molecule has 0 aromatic carbocycles. The van der Waals surface area contributed by atoms with E-state index in [9.17, 15) is 0 Å². The molecule has 36 valence electrons. The maximum Gasteiger partial charge on any atom is 0.284 e. The summed E-state index contributed by atoms with van der Waals surface area (Å²) in [5.41, 5.74) is 0. The lowest BCUT2D eigenvalue weighted by atomic mass is 13.9. The van der Waals surface area contributed by atoms with Crippen LogP contribution in [-0.4, -0.2) is 29.9 Å². The zero-order valence-electron chi connectivity index (χ0n) is 3.44. The van der Waals surface area contributed by atoms with Crippen molar-refractivity contribution in [2.24, 2.45) is 0 Å². The van der Waals surface area contributed by atoms with Gasteiger partial charge in [0.05, 0.1) is 0 Å². The van der Waals surface area contributed by atoms with Crippen molar-refractivity contribution < 1.29 is 8.23 Å². The van der Waals surface area contributed by atoms with Gasteiger partial charge in [0.1, 0.15) is 0 Å². The molecule has 1 fully saturated rings. The van der Waals surface area contributed by atoms with E-state index in [0.29, 0.717) is 0 Å². The monoisotopic (exact) mass is 137 g/mol. The minimum absolute atomic E-state index is 0.243. The maximum absolute atomic E-state index is 5.05. The van der Waals surface area contributed by atoms with E-state index in [1.54, 1.807) is 0 Å². The fraction of sp³-hybridized carbons (Fsp3) is 0. The van der Waals surface area contributed by atoms with Gasteiger partial charge in [-0.15, -0.1) is 0 Å². The van der Waals surface area contributed by atoms with Crippen LogP contribution in [0.25, 0.3) is 0 Å². The summed E-state index contributed by atoms with van der Waals surface area (Å²) in [6, 6.07) is 0. The van der Waals surface area contributed by atoms with E-state index in [0.717, 1.165) is 0 Å². The van der Waals surface area contributed by atoms with Crippen LogP contribution in [0.1, 0.15) is 0 Å². The normalized spacial score (nSPS) is 36.0. The average Bonchev–Trinajstić information content (AvgIpc) is 1.72. The molecule has 0 bridgehead atoms. The van der Waals surface area contributed by atoms with Gasteiger partial charge in [0.25, 0.3) is 10.0 Å². The Morgan fingerprint density at radius 3 is 2.00 bits per heavy atom. The lowest BCUT2D eigenvalue weighted by Gasteiger charge is -2.10. The summed E-state index contributed by atoms with van der Waals surface area (Å²) < 4.78 is 13.2. The number of nitrogens with one attached hydrogen (secondary N) is 1. The van der Waals surface area contributed by atoms with Crippen LogP contribution in [0.4, 0.5) is 0 Å². The van der Waals surface area contributed by atoms with Crippen molar-refractivity contribution in [2.75, 3.05) is 0 Å². The van der Waals surface area contributed by atoms with Gasteiger partial charge in [-0.05, 0) is 0 Å². The first-order chi connectivity index (χ1) is 3.00. The summed E-state index contributed by atoms with van der Waals surface area (Å²) in [6.07, 6.45) is 0. The third kappa shape index (κ3) is 1.32. The molecule has 0 unspecified atom stereocenters. The van der Waals surface area contributed by atoms with Crippen LogP contribution in [0.5, 0.6) is 0 Å². The van der Waals surface area contributed by atoms with Crippen LogP contribution >= 0.6 is 0 Å². The van der Waals surface area contributed by atoms with Crippen LogP contribution in [-0.2, 0) is 8.23 Å². The maximum atomic E-state index is 5.05. The Morgan fingerprint density at radius 1 is 1.17 bits per heavy atom. The molecular formula is H7NO2Si3. The molecule has 0 amide bonds. The molecule has 0 spiro atoms. The fourth-order valence-corrected chi connectivity index (χ4v) is 6.61. The first-order valence-electron chi connectivity index (χ1n) is 1.86. The summed E-state index contributed by atoms with van der Waals surface area (Å²) in [6.45, 7) is 0. The second-order valence-electron chi connectivity index (χ2n) is 1.06. The Bertz CT molecular complexity index is 24.3. The minimum atomic E-state index is -0.431. The molecule has 0 saturated carbocycles. The highest BCUT2D eigenvalue weighted by Gasteiger charge is 1.95. The molecule has 0 radical (unpaired) electrons. The molecule has 0 aromatic rings. The van der Waals surface area contributed by atoms with E-state index in [1.807, 2.05) is 0 Å². The zero-order chi connectivity index (χ0) is 4.24. The van der Waals surface area contributed by atoms with Crippen molar-refractivity contribution >= 4 is 29.9 Å². The van der Waals surface area contributed by atoms with Gasteiger partial charge in [-0.25, -0.2) is 0 Å². The van der Waals surface area contributed by atoms with Gasteiger partial charge in [0, 0.05) is 0 Å². The van der Waals surface area contributed by atoms with E-state index < -0.39 is 10.0 Å². The Morgan fingerprint density at radius 2 is 1.83 bits per heavy atom. The highest BCUT2D eigenvalue weighted by Crippen LogP contribution is 1.70. The van der Waals surface area contributed by atoms with Gasteiger partial charge < -0.3 is 12.9 Å². The molecule has 0 aliphatic carbocycles. The van der Waals surface area contributed by atoms with E-state index in [1.165, 1.54) is 0 Å². The van der Waals surface area contributed by atoms with E-state index >= 15 is 0 Å². The van der Waals surface area contributed by atoms with Crippen molar-refractivity contribution in [1.29, 1.82) is 0 Å². The van der Waals surface area contributed by atoms with Crippen LogP contribution in [0.15, 0.2) is 0 Å². The average molecular weight is 137 g/mol. The third-order valence-corrected chi connectivity index (χ3v) is 5.17. The van der Waals surface area contributed by atoms with Gasteiger partial charge in [-0.2, -0.15) is 0 Å². The van der Waals surface area contributed by atoms with Crippen molar-refractivity contribution in [1.82, 2.24) is 4.65 Å². The summed E-state index contributed by atoms with van der Waals surface area (Å²) in [5, 5.41) is 0. The molecule has 1 aliphatic heterocycles. The zero-order valence-corrected chi connectivity index (χ0v) is 7.68. The van der Waals surface area contributed by atoms with Crippen molar-refractivity contribution in [2.45, 2.75) is 0 Å². The lowest BCUT2D eigenvalue weighted by molar-refractivity contribution is 0.465. The summed E-state index contributed by atoms with van der Waals surface area (Å²) in [7, 11) is -0.917.